The molecule has 0 unspecified atom stereocenters. The van der Waals surface area contributed by atoms with Gasteiger partial charge in [0.2, 0.25) is 0 Å². The van der Waals surface area contributed by atoms with Crippen molar-refractivity contribution in [1.29, 1.82) is 0 Å². The second-order valence-electron chi connectivity index (χ2n) is 6.93. The van der Waals surface area contributed by atoms with Crippen LogP contribution in [0, 0.1) is 5.41 Å². The number of nitrogens with zero attached hydrogens (tertiary/aromatic N) is 1. The number of nitrogens with one attached hydrogen (secondary N) is 2. The number of ether oxygens (including phenoxy) is 2. The first-order valence-corrected chi connectivity index (χ1v) is 9.84. The Labute approximate surface area is 162 Å². The molecular formula is C20H32ClN3O2. The molecule has 0 amide bonds. The number of rotatable bonds is 10. The lowest BCUT2D eigenvalue weighted by Gasteiger charge is -2.40. The number of benzene rings is 1. The van der Waals surface area contributed by atoms with E-state index in [9.17, 15) is 0 Å². The van der Waals surface area contributed by atoms with Crippen LogP contribution in [0.2, 0.25) is 5.02 Å². The SMILES string of the molecule is CCNC(=NCC1(CCOC)CCC1)NCCc1ccc(OC)cc1Cl. The predicted molar refractivity (Wildman–Crippen MR) is 108 cm³/mol. The summed E-state index contributed by atoms with van der Waals surface area (Å²) in [6.07, 6.45) is 5.73. The van der Waals surface area contributed by atoms with E-state index in [1.807, 2.05) is 18.2 Å². The Morgan fingerprint density at radius 2 is 2.08 bits per heavy atom. The first kappa shape index (κ1) is 20.8. The predicted octanol–water partition coefficient (Wildman–Crippen LogP) is 3.65. The lowest BCUT2D eigenvalue weighted by molar-refractivity contribution is 0.0778. The van der Waals surface area contributed by atoms with Crippen molar-refractivity contribution in [2.24, 2.45) is 10.4 Å². The third kappa shape index (κ3) is 6.06. The number of aliphatic imine (C=N–C) groups is 1. The highest BCUT2D eigenvalue weighted by Crippen LogP contribution is 2.44. The van der Waals surface area contributed by atoms with Crippen LogP contribution in [0.1, 0.15) is 38.2 Å². The second kappa shape index (κ2) is 10.6. The maximum atomic E-state index is 6.32. The van der Waals surface area contributed by atoms with Crippen molar-refractivity contribution in [2.45, 2.75) is 39.0 Å². The Morgan fingerprint density at radius 3 is 2.65 bits per heavy atom. The van der Waals surface area contributed by atoms with E-state index in [0.717, 1.165) is 61.4 Å². The molecule has 0 atom stereocenters. The molecule has 1 saturated carbocycles. The molecule has 1 aliphatic rings. The zero-order chi connectivity index (χ0) is 18.8. The van der Waals surface area contributed by atoms with Gasteiger partial charge in [-0.15, -0.1) is 0 Å². The Kier molecular flexibility index (Phi) is 8.52. The number of halogens is 1. The van der Waals surface area contributed by atoms with E-state index < -0.39 is 0 Å². The highest BCUT2D eigenvalue weighted by molar-refractivity contribution is 6.31. The molecule has 6 heteroatoms. The Hall–Kier alpha value is -1.46. The Bertz CT molecular complexity index is 588. The van der Waals surface area contributed by atoms with Crippen molar-refractivity contribution in [3.63, 3.8) is 0 Å². The normalized spacial score (nSPS) is 16.1. The fraction of sp³-hybridized carbons (Fsp3) is 0.650. The van der Waals surface area contributed by atoms with Gasteiger partial charge in [-0.05, 0) is 55.7 Å². The highest BCUT2D eigenvalue weighted by atomic mass is 35.5. The summed E-state index contributed by atoms with van der Waals surface area (Å²) in [6, 6.07) is 5.81. The average Bonchev–Trinajstić information content (AvgIpc) is 2.61. The van der Waals surface area contributed by atoms with Crippen molar-refractivity contribution in [2.75, 3.05) is 40.5 Å². The summed E-state index contributed by atoms with van der Waals surface area (Å²) in [7, 11) is 3.42. The molecule has 0 aromatic heterocycles. The quantitative estimate of drug-likeness (QED) is 0.479. The molecule has 0 saturated heterocycles. The topological polar surface area (TPSA) is 54.9 Å². The minimum atomic E-state index is 0.331. The standard InChI is InChI=1S/C20H32ClN3O2/c1-4-22-19(24-15-20(9-5-10-20)11-13-25-2)23-12-8-16-6-7-17(26-3)14-18(16)21/h6-7,14H,4-5,8-13,15H2,1-3H3,(H2,22,23,24). The van der Waals surface area contributed by atoms with Crippen molar-refractivity contribution >= 4 is 17.6 Å². The van der Waals surface area contributed by atoms with Crippen molar-refractivity contribution in [3.05, 3.63) is 28.8 Å². The smallest absolute Gasteiger partial charge is 0.191 e. The van der Waals surface area contributed by atoms with E-state index in [1.165, 1.54) is 19.3 Å². The molecule has 1 aliphatic carbocycles. The molecule has 0 aliphatic heterocycles. The molecule has 1 fully saturated rings. The molecule has 0 heterocycles. The van der Waals surface area contributed by atoms with Crippen LogP contribution in [0.5, 0.6) is 5.75 Å². The minimum absolute atomic E-state index is 0.331. The van der Waals surface area contributed by atoms with Gasteiger partial charge in [0, 0.05) is 38.4 Å². The van der Waals surface area contributed by atoms with Gasteiger partial charge in [-0.3, -0.25) is 4.99 Å². The van der Waals surface area contributed by atoms with E-state index in [1.54, 1.807) is 14.2 Å². The van der Waals surface area contributed by atoms with E-state index in [2.05, 4.69) is 17.6 Å². The summed E-state index contributed by atoms with van der Waals surface area (Å²) >= 11 is 6.32. The van der Waals surface area contributed by atoms with Crippen LogP contribution < -0.4 is 15.4 Å². The summed E-state index contributed by atoms with van der Waals surface area (Å²) < 4.78 is 10.5. The molecular weight excluding hydrogens is 350 g/mol. The Balaban J connectivity index is 1.87. The first-order chi connectivity index (χ1) is 12.6. The van der Waals surface area contributed by atoms with Crippen molar-refractivity contribution in [1.82, 2.24) is 10.6 Å². The summed E-state index contributed by atoms with van der Waals surface area (Å²) in [4.78, 5) is 4.83. The maximum absolute atomic E-state index is 6.32. The lowest BCUT2D eigenvalue weighted by Crippen LogP contribution is -2.41. The van der Waals surface area contributed by atoms with Crippen molar-refractivity contribution in [3.8, 4) is 5.75 Å². The molecule has 5 nitrogen and oxygen atoms in total. The largest absolute Gasteiger partial charge is 0.497 e. The molecule has 0 spiro atoms. The van der Waals surface area contributed by atoms with Crippen LogP contribution >= 0.6 is 11.6 Å². The fourth-order valence-electron chi connectivity index (χ4n) is 3.24. The highest BCUT2D eigenvalue weighted by Gasteiger charge is 2.36. The zero-order valence-electron chi connectivity index (χ0n) is 16.2. The van der Waals surface area contributed by atoms with E-state index in [4.69, 9.17) is 26.1 Å². The number of hydrogen-bond donors (Lipinski definition) is 2. The molecule has 2 N–H and O–H groups in total. The van der Waals surface area contributed by atoms with Gasteiger partial charge in [0.15, 0.2) is 5.96 Å². The van der Waals surface area contributed by atoms with E-state index in [0.29, 0.717) is 5.41 Å². The molecule has 146 valence electrons. The third-order valence-corrected chi connectivity index (χ3v) is 5.47. The van der Waals surface area contributed by atoms with Crippen LogP contribution in [-0.2, 0) is 11.2 Å². The molecule has 26 heavy (non-hydrogen) atoms. The van der Waals surface area contributed by atoms with Gasteiger partial charge in [-0.25, -0.2) is 0 Å². The number of guanidine groups is 1. The van der Waals surface area contributed by atoms with Crippen LogP contribution in [0.4, 0.5) is 0 Å². The summed E-state index contributed by atoms with van der Waals surface area (Å²) in [5.74, 6) is 1.66. The van der Waals surface area contributed by atoms with Gasteiger partial charge in [-0.2, -0.15) is 0 Å². The first-order valence-electron chi connectivity index (χ1n) is 9.46. The summed E-state index contributed by atoms with van der Waals surface area (Å²) in [5.41, 5.74) is 1.43. The van der Waals surface area contributed by atoms with Gasteiger partial charge in [0.1, 0.15) is 5.75 Å². The zero-order valence-corrected chi connectivity index (χ0v) is 17.0. The summed E-state index contributed by atoms with van der Waals surface area (Å²) in [5, 5.41) is 7.49. The van der Waals surface area contributed by atoms with Gasteiger partial charge in [0.05, 0.1) is 7.11 Å². The molecule has 1 aromatic rings. The van der Waals surface area contributed by atoms with Gasteiger partial charge >= 0.3 is 0 Å². The number of hydrogen-bond acceptors (Lipinski definition) is 3. The van der Waals surface area contributed by atoms with Gasteiger partial charge < -0.3 is 20.1 Å². The second-order valence-corrected chi connectivity index (χ2v) is 7.33. The van der Waals surface area contributed by atoms with Gasteiger partial charge in [0.25, 0.3) is 0 Å². The van der Waals surface area contributed by atoms with Gasteiger partial charge in [-0.1, -0.05) is 24.1 Å². The third-order valence-electron chi connectivity index (χ3n) is 5.11. The monoisotopic (exact) mass is 381 g/mol. The van der Waals surface area contributed by atoms with Crippen LogP contribution in [0.25, 0.3) is 0 Å². The molecule has 2 rings (SSSR count). The average molecular weight is 382 g/mol. The van der Waals surface area contributed by atoms with E-state index >= 15 is 0 Å². The summed E-state index contributed by atoms with van der Waals surface area (Å²) in [6.45, 7) is 5.38. The van der Waals surface area contributed by atoms with Crippen LogP contribution in [-0.4, -0.2) is 46.4 Å². The molecule has 0 bridgehead atoms. The number of methoxy groups -OCH3 is 2. The fourth-order valence-corrected chi connectivity index (χ4v) is 3.51. The van der Waals surface area contributed by atoms with Crippen LogP contribution in [0.15, 0.2) is 23.2 Å². The van der Waals surface area contributed by atoms with Crippen molar-refractivity contribution < 1.29 is 9.47 Å². The van der Waals surface area contributed by atoms with E-state index in [-0.39, 0.29) is 0 Å². The maximum Gasteiger partial charge on any atom is 0.191 e. The Morgan fingerprint density at radius 1 is 1.27 bits per heavy atom. The molecule has 0 radical (unpaired) electrons. The lowest BCUT2D eigenvalue weighted by atomic mass is 9.67. The minimum Gasteiger partial charge on any atom is -0.497 e. The van der Waals surface area contributed by atoms with Crippen LogP contribution in [0.3, 0.4) is 0 Å². The molecule has 1 aromatic carbocycles.